The van der Waals surface area contributed by atoms with Gasteiger partial charge in [0.15, 0.2) is 0 Å². The molecule has 1 aliphatic heterocycles. The standard InChI is InChI=1S/C19H14N2O3/c22-18-11-15(14-7-3-4-8-17(14)21(23)24)19-13-6-2-1-5-12(13)9-10-16(19)20-18/h1-10,15H,11H2,(H,20,22). The van der Waals surface area contributed by atoms with Crippen LogP contribution in [0.25, 0.3) is 10.8 Å². The average Bonchev–Trinajstić information content (AvgIpc) is 2.60. The molecule has 0 spiro atoms. The van der Waals surface area contributed by atoms with E-state index in [1.165, 1.54) is 6.07 Å². The van der Waals surface area contributed by atoms with Crippen LogP contribution >= 0.6 is 0 Å². The van der Waals surface area contributed by atoms with Crippen molar-refractivity contribution in [1.82, 2.24) is 0 Å². The third-order valence-corrected chi connectivity index (χ3v) is 4.49. The van der Waals surface area contributed by atoms with E-state index < -0.39 is 0 Å². The van der Waals surface area contributed by atoms with E-state index in [1.54, 1.807) is 18.2 Å². The first-order chi connectivity index (χ1) is 11.6. The number of nitrogens with zero attached hydrogens (tertiary/aromatic N) is 1. The average molecular weight is 318 g/mol. The number of fused-ring (bicyclic) bond motifs is 3. The molecule has 118 valence electrons. The van der Waals surface area contributed by atoms with E-state index in [9.17, 15) is 14.9 Å². The van der Waals surface area contributed by atoms with Crippen molar-refractivity contribution >= 4 is 28.1 Å². The number of carbonyl (C=O) groups excluding carboxylic acids is 1. The van der Waals surface area contributed by atoms with Gasteiger partial charge in [-0.2, -0.15) is 0 Å². The van der Waals surface area contributed by atoms with Gasteiger partial charge in [0, 0.05) is 29.7 Å². The first kappa shape index (κ1) is 14.4. The van der Waals surface area contributed by atoms with E-state index in [-0.39, 0.29) is 28.9 Å². The Morgan fingerprint density at radius 1 is 1.00 bits per heavy atom. The minimum Gasteiger partial charge on any atom is -0.326 e. The molecule has 5 heteroatoms. The fraction of sp³-hybridized carbons (Fsp3) is 0.105. The van der Waals surface area contributed by atoms with Crippen molar-refractivity contribution in [2.45, 2.75) is 12.3 Å². The van der Waals surface area contributed by atoms with Crippen LogP contribution in [-0.4, -0.2) is 10.8 Å². The molecule has 0 aliphatic carbocycles. The lowest BCUT2D eigenvalue weighted by Gasteiger charge is -2.27. The number of benzene rings is 3. The number of nitro groups is 1. The molecule has 1 amide bonds. The van der Waals surface area contributed by atoms with Gasteiger partial charge in [-0.1, -0.05) is 48.5 Å². The van der Waals surface area contributed by atoms with E-state index in [1.807, 2.05) is 36.4 Å². The van der Waals surface area contributed by atoms with E-state index in [4.69, 9.17) is 0 Å². The maximum absolute atomic E-state index is 12.1. The summed E-state index contributed by atoms with van der Waals surface area (Å²) < 4.78 is 0. The summed E-state index contributed by atoms with van der Waals surface area (Å²) in [6, 6.07) is 18.4. The third kappa shape index (κ3) is 2.22. The van der Waals surface area contributed by atoms with Gasteiger partial charge in [-0.3, -0.25) is 14.9 Å². The smallest absolute Gasteiger partial charge is 0.273 e. The molecule has 5 nitrogen and oxygen atoms in total. The molecular formula is C19H14N2O3. The summed E-state index contributed by atoms with van der Waals surface area (Å²) in [5.74, 6) is -0.456. The van der Waals surface area contributed by atoms with Crippen molar-refractivity contribution in [2.24, 2.45) is 0 Å². The molecule has 0 radical (unpaired) electrons. The van der Waals surface area contributed by atoms with E-state index in [0.717, 1.165) is 22.0 Å². The highest BCUT2D eigenvalue weighted by atomic mass is 16.6. The SMILES string of the molecule is O=C1CC(c2ccccc2[N+](=O)[O-])c2c(ccc3ccccc23)N1. The molecule has 3 aromatic rings. The summed E-state index contributed by atoms with van der Waals surface area (Å²) in [5.41, 5.74) is 2.31. The molecule has 1 heterocycles. The maximum atomic E-state index is 12.1. The van der Waals surface area contributed by atoms with Crippen molar-refractivity contribution in [1.29, 1.82) is 0 Å². The first-order valence-electron chi connectivity index (χ1n) is 7.70. The van der Waals surface area contributed by atoms with Crippen LogP contribution in [0.4, 0.5) is 11.4 Å². The van der Waals surface area contributed by atoms with Crippen LogP contribution in [0.15, 0.2) is 60.7 Å². The van der Waals surface area contributed by atoms with Gasteiger partial charge in [0.2, 0.25) is 5.91 Å². The summed E-state index contributed by atoms with van der Waals surface area (Å²) >= 11 is 0. The van der Waals surface area contributed by atoms with Crippen LogP contribution in [0.3, 0.4) is 0 Å². The Bertz CT molecular complexity index is 981. The van der Waals surface area contributed by atoms with Crippen LogP contribution in [0.2, 0.25) is 0 Å². The molecule has 0 fully saturated rings. The normalized spacial score (nSPS) is 16.5. The molecule has 24 heavy (non-hydrogen) atoms. The molecule has 1 N–H and O–H groups in total. The van der Waals surface area contributed by atoms with Crippen molar-refractivity contribution in [3.8, 4) is 0 Å². The Kier molecular flexibility index (Phi) is 3.27. The molecule has 0 saturated heterocycles. The second-order valence-electron chi connectivity index (χ2n) is 5.87. The zero-order chi connectivity index (χ0) is 16.7. The summed E-state index contributed by atoms with van der Waals surface area (Å²) in [5, 5.41) is 16.4. The second-order valence-corrected chi connectivity index (χ2v) is 5.87. The minimum atomic E-state index is -0.382. The van der Waals surface area contributed by atoms with Gasteiger partial charge < -0.3 is 5.32 Å². The highest BCUT2D eigenvalue weighted by molar-refractivity contribution is 6.01. The largest absolute Gasteiger partial charge is 0.326 e. The Morgan fingerprint density at radius 3 is 2.58 bits per heavy atom. The van der Waals surface area contributed by atoms with Gasteiger partial charge >= 0.3 is 0 Å². The predicted octanol–water partition coefficient (Wildman–Crippen LogP) is 4.22. The lowest BCUT2D eigenvalue weighted by atomic mass is 9.81. The van der Waals surface area contributed by atoms with Crippen LogP contribution in [0.1, 0.15) is 23.5 Å². The van der Waals surface area contributed by atoms with E-state index in [2.05, 4.69) is 5.32 Å². The van der Waals surface area contributed by atoms with Crippen LogP contribution < -0.4 is 5.32 Å². The van der Waals surface area contributed by atoms with Crippen LogP contribution in [0.5, 0.6) is 0 Å². The van der Waals surface area contributed by atoms with Gasteiger partial charge in [0.1, 0.15) is 0 Å². The number of carbonyl (C=O) groups is 1. The first-order valence-corrected chi connectivity index (χ1v) is 7.70. The summed E-state index contributed by atoms with van der Waals surface area (Å²) in [6.45, 7) is 0. The highest BCUT2D eigenvalue weighted by Crippen LogP contribution is 2.43. The van der Waals surface area contributed by atoms with Gasteiger partial charge in [-0.15, -0.1) is 0 Å². The highest BCUT2D eigenvalue weighted by Gasteiger charge is 2.32. The van der Waals surface area contributed by atoms with Crippen LogP contribution in [-0.2, 0) is 4.79 Å². The van der Waals surface area contributed by atoms with Crippen LogP contribution in [0, 0.1) is 10.1 Å². The van der Waals surface area contributed by atoms with Gasteiger partial charge in [0.25, 0.3) is 5.69 Å². The van der Waals surface area contributed by atoms with Crippen molar-refractivity contribution in [2.75, 3.05) is 5.32 Å². The zero-order valence-corrected chi connectivity index (χ0v) is 12.7. The minimum absolute atomic E-state index is 0.0519. The lowest BCUT2D eigenvalue weighted by molar-refractivity contribution is -0.385. The number of nitro benzene ring substituents is 1. The van der Waals surface area contributed by atoms with Gasteiger partial charge in [-0.25, -0.2) is 0 Å². The van der Waals surface area contributed by atoms with Gasteiger partial charge in [0.05, 0.1) is 4.92 Å². The van der Waals surface area contributed by atoms with Crippen molar-refractivity contribution in [3.63, 3.8) is 0 Å². The number of anilines is 1. The zero-order valence-electron chi connectivity index (χ0n) is 12.7. The Balaban J connectivity index is 2.01. The molecule has 0 saturated carbocycles. The molecule has 1 unspecified atom stereocenters. The van der Waals surface area contributed by atoms with E-state index in [0.29, 0.717) is 5.56 Å². The number of amides is 1. The quantitative estimate of drug-likeness (QED) is 0.568. The second kappa shape index (κ2) is 5.45. The fourth-order valence-corrected chi connectivity index (χ4v) is 3.48. The molecular weight excluding hydrogens is 304 g/mol. The number of rotatable bonds is 2. The number of hydrogen-bond donors (Lipinski definition) is 1. The maximum Gasteiger partial charge on any atom is 0.273 e. The topological polar surface area (TPSA) is 72.2 Å². The molecule has 3 aromatic carbocycles. The van der Waals surface area contributed by atoms with Crippen molar-refractivity contribution < 1.29 is 9.72 Å². The predicted molar refractivity (Wildman–Crippen MR) is 92.1 cm³/mol. The number of hydrogen-bond acceptors (Lipinski definition) is 3. The molecule has 1 aliphatic rings. The summed E-state index contributed by atoms with van der Waals surface area (Å²) in [6.07, 6.45) is 0.200. The fourth-order valence-electron chi connectivity index (χ4n) is 3.48. The van der Waals surface area contributed by atoms with Gasteiger partial charge in [-0.05, 0) is 22.4 Å². The summed E-state index contributed by atoms with van der Waals surface area (Å²) in [7, 11) is 0. The Labute approximate surface area is 138 Å². The van der Waals surface area contributed by atoms with E-state index >= 15 is 0 Å². The van der Waals surface area contributed by atoms with Crippen molar-refractivity contribution in [3.05, 3.63) is 81.9 Å². The molecule has 0 aromatic heterocycles. The Morgan fingerprint density at radius 2 is 1.75 bits per heavy atom. The molecule has 0 bridgehead atoms. The molecule has 4 rings (SSSR count). The monoisotopic (exact) mass is 318 g/mol. The molecule has 1 atom stereocenters. The number of nitrogens with one attached hydrogen (secondary N) is 1. The lowest BCUT2D eigenvalue weighted by Crippen LogP contribution is -2.24. The summed E-state index contributed by atoms with van der Waals surface area (Å²) in [4.78, 5) is 23.2. The third-order valence-electron chi connectivity index (χ3n) is 4.49. The Hall–Kier alpha value is -3.21. The number of para-hydroxylation sites is 1.